The molecule has 2 rings (SSSR count). The first-order chi connectivity index (χ1) is 9.58. The molecule has 2 aromatic rings. The molecule has 0 saturated carbocycles. The molecule has 6 heteroatoms. The molecule has 0 spiro atoms. The Balaban J connectivity index is 2.00. The molecule has 1 heterocycles. The zero-order valence-electron chi connectivity index (χ0n) is 11.5. The van der Waals surface area contributed by atoms with Crippen molar-refractivity contribution in [3.8, 4) is 5.75 Å². The predicted octanol–water partition coefficient (Wildman–Crippen LogP) is 2.61. The standard InChI is InChI=1S/C14H17N3O2S/c1-3-19-11-4-5-12(9(2)6-11)17-13(18)7-10-8-20-14(15)16-10/h4-6,8H,3,7H2,1-2H3,(H2,15,16)(H,17,18). The summed E-state index contributed by atoms with van der Waals surface area (Å²) in [6, 6.07) is 5.58. The maximum Gasteiger partial charge on any atom is 0.230 e. The summed E-state index contributed by atoms with van der Waals surface area (Å²) in [5, 5.41) is 5.14. The van der Waals surface area contributed by atoms with Crippen molar-refractivity contribution < 1.29 is 9.53 Å². The topological polar surface area (TPSA) is 77.2 Å². The van der Waals surface area contributed by atoms with Gasteiger partial charge in [0.25, 0.3) is 0 Å². The molecule has 20 heavy (non-hydrogen) atoms. The average Bonchev–Trinajstić information content (AvgIpc) is 2.78. The predicted molar refractivity (Wildman–Crippen MR) is 81.2 cm³/mol. The Morgan fingerprint density at radius 1 is 1.50 bits per heavy atom. The number of benzene rings is 1. The number of carbonyl (C=O) groups is 1. The molecule has 0 aliphatic carbocycles. The number of carbonyl (C=O) groups excluding carboxylic acids is 1. The Morgan fingerprint density at radius 3 is 2.90 bits per heavy atom. The minimum Gasteiger partial charge on any atom is -0.494 e. The molecule has 0 bridgehead atoms. The number of thiazole rings is 1. The number of nitrogens with zero attached hydrogens (tertiary/aromatic N) is 1. The van der Waals surface area contributed by atoms with Gasteiger partial charge in [-0.3, -0.25) is 4.79 Å². The van der Waals surface area contributed by atoms with Crippen molar-refractivity contribution in [2.75, 3.05) is 17.7 Å². The number of ether oxygens (including phenoxy) is 1. The van der Waals surface area contributed by atoms with E-state index >= 15 is 0 Å². The largest absolute Gasteiger partial charge is 0.494 e. The number of hydrogen-bond donors (Lipinski definition) is 2. The van der Waals surface area contributed by atoms with E-state index in [2.05, 4.69) is 10.3 Å². The van der Waals surface area contributed by atoms with Crippen molar-refractivity contribution in [3.63, 3.8) is 0 Å². The minimum absolute atomic E-state index is 0.109. The quantitative estimate of drug-likeness (QED) is 0.887. The molecule has 0 radical (unpaired) electrons. The van der Waals surface area contributed by atoms with Crippen LogP contribution in [-0.2, 0) is 11.2 Å². The highest BCUT2D eigenvalue weighted by Gasteiger charge is 2.09. The molecule has 0 aliphatic heterocycles. The molecule has 1 aromatic heterocycles. The third-order valence-corrected chi connectivity index (χ3v) is 3.42. The van der Waals surface area contributed by atoms with Crippen molar-refractivity contribution in [2.45, 2.75) is 20.3 Å². The van der Waals surface area contributed by atoms with Gasteiger partial charge in [0, 0.05) is 11.1 Å². The Bertz CT molecular complexity index is 610. The first-order valence-corrected chi connectivity index (χ1v) is 7.19. The van der Waals surface area contributed by atoms with Gasteiger partial charge in [0.15, 0.2) is 5.13 Å². The minimum atomic E-state index is -0.109. The lowest BCUT2D eigenvalue weighted by Gasteiger charge is -2.10. The van der Waals surface area contributed by atoms with Crippen LogP contribution in [0, 0.1) is 6.92 Å². The van der Waals surface area contributed by atoms with Crippen molar-refractivity contribution in [2.24, 2.45) is 0 Å². The molecule has 0 unspecified atom stereocenters. The molecule has 0 saturated heterocycles. The molecule has 5 nitrogen and oxygen atoms in total. The van der Waals surface area contributed by atoms with Crippen LogP contribution < -0.4 is 15.8 Å². The summed E-state index contributed by atoms with van der Waals surface area (Å²) < 4.78 is 5.41. The second-order valence-corrected chi connectivity index (χ2v) is 5.20. The van der Waals surface area contributed by atoms with E-state index in [4.69, 9.17) is 10.5 Å². The van der Waals surface area contributed by atoms with E-state index in [0.29, 0.717) is 17.4 Å². The van der Waals surface area contributed by atoms with E-state index in [1.165, 1.54) is 11.3 Å². The van der Waals surface area contributed by atoms with Crippen molar-refractivity contribution in [1.29, 1.82) is 0 Å². The molecule has 0 fully saturated rings. The maximum atomic E-state index is 11.9. The molecule has 0 aliphatic rings. The van der Waals surface area contributed by atoms with Crippen molar-refractivity contribution >= 4 is 28.1 Å². The van der Waals surface area contributed by atoms with Gasteiger partial charge in [-0.2, -0.15) is 0 Å². The Labute approximate surface area is 121 Å². The summed E-state index contributed by atoms with van der Waals surface area (Å²) in [5.41, 5.74) is 7.97. The highest BCUT2D eigenvalue weighted by Crippen LogP contribution is 2.21. The van der Waals surface area contributed by atoms with Crippen molar-refractivity contribution in [1.82, 2.24) is 4.98 Å². The van der Waals surface area contributed by atoms with Crippen LogP contribution >= 0.6 is 11.3 Å². The molecular weight excluding hydrogens is 274 g/mol. The van der Waals surface area contributed by atoms with E-state index in [1.54, 1.807) is 5.38 Å². The van der Waals surface area contributed by atoms with Crippen LogP contribution in [0.15, 0.2) is 23.6 Å². The summed E-state index contributed by atoms with van der Waals surface area (Å²) >= 11 is 1.33. The van der Waals surface area contributed by atoms with Gasteiger partial charge in [-0.05, 0) is 37.6 Å². The van der Waals surface area contributed by atoms with Crippen molar-refractivity contribution in [3.05, 3.63) is 34.8 Å². The number of hydrogen-bond acceptors (Lipinski definition) is 5. The van der Waals surface area contributed by atoms with E-state index in [-0.39, 0.29) is 12.3 Å². The zero-order valence-corrected chi connectivity index (χ0v) is 12.3. The van der Waals surface area contributed by atoms with Gasteiger partial charge < -0.3 is 15.8 Å². The normalized spacial score (nSPS) is 10.3. The number of nitrogens with two attached hydrogens (primary N) is 1. The third kappa shape index (κ3) is 3.71. The van der Waals surface area contributed by atoms with Crippen LogP contribution in [0.5, 0.6) is 5.75 Å². The second kappa shape index (κ2) is 6.38. The van der Waals surface area contributed by atoms with Crippen LogP contribution in [0.1, 0.15) is 18.2 Å². The maximum absolute atomic E-state index is 11.9. The van der Waals surface area contributed by atoms with Crippen LogP contribution in [0.2, 0.25) is 0 Å². The van der Waals surface area contributed by atoms with Gasteiger partial charge in [-0.15, -0.1) is 11.3 Å². The lowest BCUT2D eigenvalue weighted by molar-refractivity contribution is -0.115. The number of aryl methyl sites for hydroxylation is 1. The number of amides is 1. The fourth-order valence-electron chi connectivity index (χ4n) is 1.80. The third-order valence-electron chi connectivity index (χ3n) is 2.69. The Kier molecular flexibility index (Phi) is 4.57. The first kappa shape index (κ1) is 14.3. The fraction of sp³-hybridized carbons (Fsp3) is 0.286. The molecule has 1 amide bonds. The molecule has 1 aromatic carbocycles. The lowest BCUT2D eigenvalue weighted by Crippen LogP contribution is -2.15. The highest BCUT2D eigenvalue weighted by atomic mass is 32.1. The van der Waals surface area contributed by atoms with Crippen LogP contribution in [0.4, 0.5) is 10.8 Å². The van der Waals surface area contributed by atoms with Gasteiger partial charge >= 0.3 is 0 Å². The van der Waals surface area contributed by atoms with Gasteiger partial charge in [0.05, 0.1) is 18.7 Å². The van der Waals surface area contributed by atoms with Gasteiger partial charge in [0.2, 0.25) is 5.91 Å². The number of nitrogens with one attached hydrogen (secondary N) is 1. The number of nitrogen functional groups attached to an aromatic ring is 1. The van der Waals surface area contributed by atoms with E-state index in [1.807, 2.05) is 32.0 Å². The molecular formula is C14H17N3O2S. The zero-order chi connectivity index (χ0) is 14.5. The molecule has 106 valence electrons. The van der Waals surface area contributed by atoms with Gasteiger partial charge in [0.1, 0.15) is 5.75 Å². The Morgan fingerprint density at radius 2 is 2.30 bits per heavy atom. The number of rotatable bonds is 5. The monoisotopic (exact) mass is 291 g/mol. The summed E-state index contributed by atoms with van der Waals surface area (Å²) in [7, 11) is 0. The van der Waals surface area contributed by atoms with Crippen LogP contribution in [-0.4, -0.2) is 17.5 Å². The van der Waals surface area contributed by atoms with Crippen LogP contribution in [0.3, 0.4) is 0 Å². The summed E-state index contributed by atoms with van der Waals surface area (Å²) in [5.74, 6) is 0.692. The smallest absolute Gasteiger partial charge is 0.230 e. The van der Waals surface area contributed by atoms with Crippen LogP contribution in [0.25, 0.3) is 0 Å². The molecule has 0 atom stereocenters. The Hall–Kier alpha value is -2.08. The SMILES string of the molecule is CCOc1ccc(NC(=O)Cc2csc(N)n2)c(C)c1. The van der Waals surface area contributed by atoms with E-state index in [9.17, 15) is 4.79 Å². The summed E-state index contributed by atoms with van der Waals surface area (Å²) in [6.07, 6.45) is 0.223. The fourth-order valence-corrected chi connectivity index (χ4v) is 2.36. The molecule has 3 N–H and O–H groups in total. The summed E-state index contributed by atoms with van der Waals surface area (Å²) in [6.45, 7) is 4.49. The second-order valence-electron chi connectivity index (χ2n) is 4.31. The highest BCUT2D eigenvalue weighted by molar-refractivity contribution is 7.13. The summed E-state index contributed by atoms with van der Waals surface area (Å²) in [4.78, 5) is 16.0. The van der Waals surface area contributed by atoms with Gasteiger partial charge in [-0.1, -0.05) is 0 Å². The number of aromatic nitrogens is 1. The first-order valence-electron chi connectivity index (χ1n) is 6.31. The average molecular weight is 291 g/mol. The van der Waals surface area contributed by atoms with E-state index in [0.717, 1.165) is 17.0 Å². The van der Waals surface area contributed by atoms with Gasteiger partial charge in [-0.25, -0.2) is 4.98 Å². The van der Waals surface area contributed by atoms with E-state index < -0.39 is 0 Å². The number of anilines is 2. The lowest BCUT2D eigenvalue weighted by atomic mass is 10.2.